The van der Waals surface area contributed by atoms with Gasteiger partial charge in [-0.3, -0.25) is 0 Å². The van der Waals surface area contributed by atoms with E-state index in [-0.39, 0.29) is 0 Å². The minimum absolute atomic E-state index is 0.629. The van der Waals surface area contributed by atoms with E-state index >= 15 is 0 Å². The van der Waals surface area contributed by atoms with Crippen LogP contribution in [0.2, 0.25) is 0 Å². The number of hydrogen-bond donors (Lipinski definition) is 0. The number of rotatable bonds is 2. The van der Waals surface area contributed by atoms with Crippen LogP contribution in [0.5, 0.6) is 0 Å². The molecule has 0 aliphatic rings. The fraction of sp³-hybridized carbons (Fsp3) is 0.500. The van der Waals surface area contributed by atoms with Crippen molar-refractivity contribution in [3.8, 4) is 6.07 Å². The van der Waals surface area contributed by atoms with E-state index in [0.29, 0.717) is 12.4 Å². The van der Waals surface area contributed by atoms with Crippen LogP contribution in [-0.4, -0.2) is 6.61 Å². The fourth-order valence-corrected chi connectivity index (χ4v) is 0.360. The molecule has 0 unspecified atom stereocenters. The molecule has 44 valence electrons. The van der Waals surface area contributed by atoms with Crippen molar-refractivity contribution in [1.29, 1.82) is 5.26 Å². The van der Waals surface area contributed by atoms with Gasteiger partial charge in [-0.15, -0.1) is 0 Å². The van der Waals surface area contributed by atoms with Gasteiger partial charge in [-0.05, 0) is 13.8 Å². The van der Waals surface area contributed by atoms with Crippen molar-refractivity contribution >= 4 is 0 Å². The summed E-state index contributed by atoms with van der Waals surface area (Å²) >= 11 is 0. The van der Waals surface area contributed by atoms with Gasteiger partial charge in [0.1, 0.15) is 5.76 Å². The van der Waals surface area contributed by atoms with Crippen molar-refractivity contribution in [2.24, 2.45) is 0 Å². The van der Waals surface area contributed by atoms with Gasteiger partial charge in [0.25, 0.3) is 0 Å². The van der Waals surface area contributed by atoms with Crippen molar-refractivity contribution in [3.63, 3.8) is 0 Å². The second kappa shape index (κ2) is 4.20. The third-order valence-corrected chi connectivity index (χ3v) is 0.640. The highest BCUT2D eigenvalue weighted by atomic mass is 16.5. The average molecular weight is 111 g/mol. The van der Waals surface area contributed by atoms with Gasteiger partial charge >= 0.3 is 0 Å². The predicted octanol–water partition coefficient (Wildman–Crippen LogP) is 1.45. The molecule has 2 nitrogen and oxygen atoms in total. The average Bonchev–Trinajstić information content (AvgIpc) is 1.68. The van der Waals surface area contributed by atoms with E-state index in [4.69, 9.17) is 10.00 Å². The van der Waals surface area contributed by atoms with Gasteiger partial charge in [0, 0.05) is 0 Å². The molecule has 0 amide bonds. The molecular formula is C6H9NO. The Labute approximate surface area is 49.4 Å². The zero-order chi connectivity index (χ0) is 6.41. The van der Waals surface area contributed by atoms with Gasteiger partial charge in [-0.1, -0.05) is 0 Å². The van der Waals surface area contributed by atoms with Crippen LogP contribution in [-0.2, 0) is 4.74 Å². The summed E-state index contributed by atoms with van der Waals surface area (Å²) in [6.45, 7) is 4.27. The molecule has 0 atom stereocenters. The van der Waals surface area contributed by atoms with Crippen LogP contribution in [0.1, 0.15) is 13.8 Å². The summed E-state index contributed by atoms with van der Waals surface area (Å²) in [5, 5.41) is 8.06. The van der Waals surface area contributed by atoms with E-state index in [1.807, 2.05) is 13.0 Å². The normalized spacial score (nSPS) is 10.4. The zero-order valence-corrected chi connectivity index (χ0v) is 5.14. The second-order valence-corrected chi connectivity index (χ2v) is 1.32. The topological polar surface area (TPSA) is 33.0 Å². The molecule has 0 spiro atoms. The fourth-order valence-electron chi connectivity index (χ4n) is 0.360. The van der Waals surface area contributed by atoms with Crippen molar-refractivity contribution < 1.29 is 4.74 Å². The van der Waals surface area contributed by atoms with E-state index < -0.39 is 0 Å². The molecule has 0 aromatic carbocycles. The van der Waals surface area contributed by atoms with Gasteiger partial charge in [0.05, 0.1) is 18.8 Å². The van der Waals surface area contributed by atoms with Crippen LogP contribution in [0.3, 0.4) is 0 Å². The summed E-state index contributed by atoms with van der Waals surface area (Å²) in [5.41, 5.74) is 0. The minimum Gasteiger partial charge on any atom is -0.498 e. The molecule has 0 N–H and O–H groups in total. The number of hydrogen-bond acceptors (Lipinski definition) is 2. The standard InChI is InChI=1S/C6H9NO/c1-3-8-6(2)4-5-7/h4H,3H2,1-2H3/b6-4+. The molecule has 8 heavy (non-hydrogen) atoms. The molecule has 2 heteroatoms. The molecule has 0 fully saturated rings. The van der Waals surface area contributed by atoms with Crippen molar-refractivity contribution in [2.45, 2.75) is 13.8 Å². The van der Waals surface area contributed by atoms with Gasteiger partial charge in [0.2, 0.25) is 0 Å². The summed E-state index contributed by atoms with van der Waals surface area (Å²) < 4.78 is 4.92. The van der Waals surface area contributed by atoms with Crippen LogP contribution in [0.25, 0.3) is 0 Å². The first-order chi connectivity index (χ1) is 3.81. The Kier molecular flexibility index (Phi) is 3.69. The maximum absolute atomic E-state index is 8.06. The Bertz CT molecular complexity index is 121. The molecular weight excluding hydrogens is 102 g/mol. The molecule has 0 aliphatic heterocycles. The lowest BCUT2D eigenvalue weighted by Crippen LogP contribution is -1.84. The monoisotopic (exact) mass is 111 g/mol. The lowest BCUT2D eigenvalue weighted by molar-refractivity contribution is 0.232. The molecule has 0 aromatic rings. The van der Waals surface area contributed by atoms with Gasteiger partial charge < -0.3 is 4.74 Å². The van der Waals surface area contributed by atoms with Gasteiger partial charge in [0.15, 0.2) is 0 Å². The number of ether oxygens (including phenoxy) is 1. The van der Waals surface area contributed by atoms with Crippen LogP contribution >= 0.6 is 0 Å². The SMILES string of the molecule is CCO/C(C)=C/C#N. The molecule has 0 aliphatic carbocycles. The summed E-state index contributed by atoms with van der Waals surface area (Å²) in [7, 11) is 0. The third-order valence-electron chi connectivity index (χ3n) is 0.640. The lowest BCUT2D eigenvalue weighted by atomic mass is 10.5. The van der Waals surface area contributed by atoms with Crippen molar-refractivity contribution in [3.05, 3.63) is 11.8 Å². The zero-order valence-electron chi connectivity index (χ0n) is 5.14. The highest BCUT2D eigenvalue weighted by Gasteiger charge is 1.81. The van der Waals surface area contributed by atoms with Crippen molar-refractivity contribution in [1.82, 2.24) is 0 Å². The Hall–Kier alpha value is -0.970. The molecule has 0 bridgehead atoms. The Balaban J connectivity index is 3.49. The first-order valence-electron chi connectivity index (χ1n) is 2.50. The first kappa shape index (κ1) is 7.03. The maximum atomic E-state index is 8.06. The van der Waals surface area contributed by atoms with Crippen LogP contribution in [0.15, 0.2) is 11.8 Å². The highest BCUT2D eigenvalue weighted by Crippen LogP contribution is 1.91. The highest BCUT2D eigenvalue weighted by molar-refractivity contribution is 5.05. The molecule has 0 aromatic heterocycles. The Morgan fingerprint density at radius 2 is 2.50 bits per heavy atom. The van der Waals surface area contributed by atoms with Gasteiger partial charge in [-0.25, -0.2) is 0 Å². The molecule has 0 rings (SSSR count). The van der Waals surface area contributed by atoms with Crippen LogP contribution in [0, 0.1) is 11.3 Å². The summed E-state index contributed by atoms with van der Waals surface area (Å²) in [6, 6.07) is 1.87. The van der Waals surface area contributed by atoms with Crippen LogP contribution in [0.4, 0.5) is 0 Å². The summed E-state index contributed by atoms with van der Waals surface area (Å²) in [4.78, 5) is 0. The summed E-state index contributed by atoms with van der Waals surface area (Å²) in [6.07, 6.45) is 1.38. The maximum Gasteiger partial charge on any atom is 0.103 e. The predicted molar refractivity (Wildman–Crippen MR) is 31.0 cm³/mol. The number of nitrogens with zero attached hydrogens (tertiary/aromatic N) is 1. The minimum atomic E-state index is 0.629. The third kappa shape index (κ3) is 3.23. The Morgan fingerprint density at radius 3 is 2.88 bits per heavy atom. The Morgan fingerprint density at radius 1 is 1.88 bits per heavy atom. The second-order valence-electron chi connectivity index (χ2n) is 1.32. The summed E-state index contributed by atoms with van der Waals surface area (Å²) in [5.74, 6) is 0.676. The number of allylic oxidation sites excluding steroid dienone is 2. The van der Waals surface area contributed by atoms with Crippen molar-refractivity contribution in [2.75, 3.05) is 6.61 Å². The largest absolute Gasteiger partial charge is 0.498 e. The van der Waals surface area contributed by atoms with E-state index in [1.165, 1.54) is 6.08 Å². The first-order valence-corrected chi connectivity index (χ1v) is 2.50. The lowest BCUT2D eigenvalue weighted by Gasteiger charge is -1.97. The molecule has 0 heterocycles. The van der Waals surface area contributed by atoms with E-state index in [0.717, 1.165) is 0 Å². The van der Waals surface area contributed by atoms with Crippen LogP contribution < -0.4 is 0 Å². The molecule has 0 saturated heterocycles. The van der Waals surface area contributed by atoms with E-state index in [1.54, 1.807) is 6.92 Å². The van der Waals surface area contributed by atoms with Gasteiger partial charge in [-0.2, -0.15) is 5.26 Å². The van der Waals surface area contributed by atoms with E-state index in [2.05, 4.69) is 0 Å². The van der Waals surface area contributed by atoms with E-state index in [9.17, 15) is 0 Å². The molecule has 0 saturated carbocycles. The molecule has 0 radical (unpaired) electrons. The number of nitriles is 1. The quantitative estimate of drug-likeness (QED) is 0.399. The smallest absolute Gasteiger partial charge is 0.103 e.